The average Bonchev–Trinajstić information content (AvgIpc) is 2.15. The number of hydrogen-bond donors (Lipinski definition) is 0. The number of benzene rings is 1. The summed E-state index contributed by atoms with van der Waals surface area (Å²) in [7, 11) is 0. The van der Waals surface area contributed by atoms with Crippen molar-refractivity contribution in [1.82, 2.24) is 0 Å². The van der Waals surface area contributed by atoms with E-state index in [1.807, 2.05) is 0 Å². The second kappa shape index (κ2) is 3.79. The highest BCUT2D eigenvalue weighted by Gasteiger charge is 2.23. The lowest BCUT2D eigenvalue weighted by Crippen LogP contribution is -2.13. The van der Waals surface area contributed by atoms with Gasteiger partial charge in [0.05, 0.1) is 0 Å². The Morgan fingerprint density at radius 3 is 2.60 bits per heavy atom. The van der Waals surface area contributed by atoms with Crippen LogP contribution < -0.4 is 0 Å². The largest absolute Gasteiger partial charge is 0.0798 e. The first-order valence-electron chi connectivity index (χ1n) is 5.48. The second-order valence-electron chi connectivity index (χ2n) is 5.21. The molecule has 1 aliphatic carbocycles. The summed E-state index contributed by atoms with van der Waals surface area (Å²) in [5.41, 5.74) is 4.66. The van der Waals surface area contributed by atoms with Gasteiger partial charge in [-0.05, 0) is 47.1 Å². The maximum Gasteiger partial charge on any atom is 0.0181 e. The van der Waals surface area contributed by atoms with Gasteiger partial charge in [0.1, 0.15) is 0 Å². The molecule has 1 aliphatic rings. The fraction of sp³-hybridized carbons (Fsp3) is 0.429. The first-order valence-corrected chi connectivity index (χ1v) is 6.27. The highest BCUT2D eigenvalue weighted by molar-refractivity contribution is 9.10. The Morgan fingerprint density at radius 1 is 1.20 bits per heavy atom. The topological polar surface area (TPSA) is 0 Å². The number of halogens is 1. The number of allylic oxidation sites excluding steroid dienone is 2. The van der Waals surface area contributed by atoms with Crippen LogP contribution in [0.2, 0.25) is 0 Å². The van der Waals surface area contributed by atoms with Crippen LogP contribution in [-0.2, 0) is 6.42 Å². The van der Waals surface area contributed by atoms with E-state index in [0.717, 1.165) is 0 Å². The molecule has 0 radical (unpaired) electrons. The Morgan fingerprint density at radius 2 is 1.93 bits per heavy atom. The van der Waals surface area contributed by atoms with Crippen LogP contribution in [0.1, 0.15) is 38.3 Å². The number of aryl methyl sites for hydroxylation is 1. The van der Waals surface area contributed by atoms with Gasteiger partial charge in [-0.15, -0.1) is 0 Å². The Labute approximate surface area is 101 Å². The van der Waals surface area contributed by atoms with E-state index >= 15 is 0 Å². The molecule has 2 rings (SSSR count). The summed E-state index contributed by atoms with van der Waals surface area (Å²) in [6.07, 6.45) is 4.76. The fourth-order valence-electron chi connectivity index (χ4n) is 2.21. The van der Waals surface area contributed by atoms with Gasteiger partial charge in [0.15, 0.2) is 0 Å². The molecule has 1 aromatic rings. The van der Waals surface area contributed by atoms with E-state index in [0.29, 0.717) is 0 Å². The summed E-state index contributed by atoms with van der Waals surface area (Å²) in [5, 5.41) is 0. The molecule has 0 unspecified atom stereocenters. The van der Waals surface area contributed by atoms with Crippen LogP contribution in [0.25, 0.3) is 5.57 Å². The minimum atomic E-state index is 0.246. The maximum atomic E-state index is 3.56. The summed E-state index contributed by atoms with van der Waals surface area (Å²) >= 11 is 3.56. The molecule has 0 amide bonds. The van der Waals surface area contributed by atoms with Crippen molar-refractivity contribution >= 4 is 21.5 Å². The summed E-state index contributed by atoms with van der Waals surface area (Å²) < 4.78 is 1.18. The summed E-state index contributed by atoms with van der Waals surface area (Å²) in [5.74, 6) is 0. The number of fused-ring (bicyclic) bond motifs is 1. The van der Waals surface area contributed by atoms with E-state index in [9.17, 15) is 0 Å². The Bertz CT molecular complexity index is 408. The molecule has 0 bridgehead atoms. The minimum Gasteiger partial charge on any atom is -0.0798 e. The Balaban J connectivity index is 2.54. The zero-order chi connectivity index (χ0) is 11.1. The van der Waals surface area contributed by atoms with Gasteiger partial charge < -0.3 is 0 Å². The molecule has 0 N–H and O–H groups in total. The van der Waals surface area contributed by atoms with Crippen molar-refractivity contribution in [3.63, 3.8) is 0 Å². The van der Waals surface area contributed by atoms with E-state index in [-0.39, 0.29) is 5.41 Å². The summed E-state index contributed by atoms with van der Waals surface area (Å²) in [4.78, 5) is 0. The van der Waals surface area contributed by atoms with Crippen molar-refractivity contribution in [2.24, 2.45) is 5.41 Å². The van der Waals surface area contributed by atoms with Gasteiger partial charge in [0.2, 0.25) is 0 Å². The van der Waals surface area contributed by atoms with Crippen molar-refractivity contribution in [1.29, 1.82) is 0 Å². The lowest BCUT2D eigenvalue weighted by Gasteiger charge is -2.28. The molecule has 1 aromatic carbocycles. The molecule has 0 aromatic heterocycles. The van der Waals surface area contributed by atoms with Crippen molar-refractivity contribution in [3.8, 4) is 0 Å². The van der Waals surface area contributed by atoms with Crippen LogP contribution >= 0.6 is 15.9 Å². The van der Waals surface area contributed by atoms with E-state index in [2.05, 4.69) is 61.0 Å². The zero-order valence-electron chi connectivity index (χ0n) is 9.60. The predicted molar refractivity (Wildman–Crippen MR) is 69.9 cm³/mol. The SMILES string of the molecule is CC(C)(C)C1=CCCc2ccc(Br)cc21. The van der Waals surface area contributed by atoms with Crippen LogP contribution in [-0.4, -0.2) is 0 Å². The van der Waals surface area contributed by atoms with Gasteiger partial charge >= 0.3 is 0 Å². The molecule has 80 valence electrons. The maximum absolute atomic E-state index is 3.56. The van der Waals surface area contributed by atoms with Gasteiger partial charge in [0.25, 0.3) is 0 Å². The molecule has 0 saturated carbocycles. The fourth-order valence-corrected chi connectivity index (χ4v) is 2.57. The molecule has 0 saturated heterocycles. The molecule has 15 heavy (non-hydrogen) atoms. The molecule has 0 heterocycles. The third-order valence-electron chi connectivity index (χ3n) is 2.93. The third-order valence-corrected chi connectivity index (χ3v) is 3.43. The van der Waals surface area contributed by atoms with Crippen LogP contribution in [0.4, 0.5) is 0 Å². The Kier molecular flexibility index (Phi) is 2.76. The molecular formula is C14H17Br. The highest BCUT2D eigenvalue weighted by Crippen LogP contribution is 2.39. The molecular weight excluding hydrogens is 248 g/mol. The monoisotopic (exact) mass is 264 g/mol. The van der Waals surface area contributed by atoms with Crippen LogP contribution in [0.15, 0.2) is 28.7 Å². The highest BCUT2D eigenvalue weighted by atomic mass is 79.9. The number of hydrogen-bond acceptors (Lipinski definition) is 0. The average molecular weight is 265 g/mol. The minimum absolute atomic E-state index is 0.246. The van der Waals surface area contributed by atoms with E-state index in [4.69, 9.17) is 0 Å². The van der Waals surface area contributed by atoms with Gasteiger partial charge in [-0.25, -0.2) is 0 Å². The molecule has 0 fully saturated rings. The quantitative estimate of drug-likeness (QED) is 0.630. The van der Waals surface area contributed by atoms with E-state index < -0.39 is 0 Å². The van der Waals surface area contributed by atoms with Crippen molar-refractivity contribution < 1.29 is 0 Å². The standard InChI is InChI=1S/C14H17Br/c1-14(2,3)13-6-4-5-10-7-8-11(15)9-12(10)13/h6-9H,4-5H2,1-3H3. The molecule has 0 nitrogen and oxygen atoms in total. The van der Waals surface area contributed by atoms with Gasteiger partial charge in [-0.2, -0.15) is 0 Å². The van der Waals surface area contributed by atoms with Gasteiger partial charge in [-0.3, -0.25) is 0 Å². The van der Waals surface area contributed by atoms with Crippen molar-refractivity contribution in [3.05, 3.63) is 39.9 Å². The number of rotatable bonds is 0. The molecule has 0 spiro atoms. The Hall–Kier alpha value is -0.560. The predicted octanol–water partition coefficient (Wildman–Crippen LogP) is 4.82. The van der Waals surface area contributed by atoms with Gasteiger partial charge in [-0.1, -0.05) is 48.8 Å². The smallest absolute Gasteiger partial charge is 0.0181 e. The lowest BCUT2D eigenvalue weighted by molar-refractivity contribution is 0.561. The zero-order valence-corrected chi connectivity index (χ0v) is 11.2. The first kappa shape index (κ1) is 10.9. The summed E-state index contributed by atoms with van der Waals surface area (Å²) in [6, 6.07) is 6.65. The molecule has 0 aliphatic heterocycles. The molecule has 0 atom stereocenters. The lowest BCUT2D eigenvalue weighted by atomic mass is 9.77. The van der Waals surface area contributed by atoms with Crippen LogP contribution in [0.3, 0.4) is 0 Å². The first-order chi connectivity index (χ1) is 6.98. The normalized spacial score (nSPS) is 15.9. The second-order valence-corrected chi connectivity index (χ2v) is 6.12. The van der Waals surface area contributed by atoms with E-state index in [1.165, 1.54) is 34.0 Å². The van der Waals surface area contributed by atoms with Crippen LogP contribution in [0, 0.1) is 5.41 Å². The third kappa shape index (κ3) is 2.17. The van der Waals surface area contributed by atoms with Crippen molar-refractivity contribution in [2.45, 2.75) is 33.6 Å². The van der Waals surface area contributed by atoms with E-state index in [1.54, 1.807) is 0 Å². The van der Waals surface area contributed by atoms with Gasteiger partial charge in [0, 0.05) is 4.47 Å². The van der Waals surface area contributed by atoms with Crippen molar-refractivity contribution in [2.75, 3.05) is 0 Å². The van der Waals surface area contributed by atoms with Crippen LogP contribution in [0.5, 0.6) is 0 Å². The summed E-state index contributed by atoms with van der Waals surface area (Å²) in [6.45, 7) is 6.86. The molecule has 1 heteroatoms.